The van der Waals surface area contributed by atoms with Crippen molar-refractivity contribution in [2.75, 3.05) is 10.9 Å². The van der Waals surface area contributed by atoms with E-state index in [2.05, 4.69) is 18.1 Å². The second kappa shape index (κ2) is 7.96. The van der Waals surface area contributed by atoms with E-state index in [-0.39, 0.29) is 6.54 Å². The molecule has 0 spiro atoms. The molecule has 1 aromatic carbocycles. The number of benzene rings is 1. The minimum Gasteiger partial charge on any atom is -0.494 e. The van der Waals surface area contributed by atoms with Gasteiger partial charge in [0.1, 0.15) is 11.4 Å². The number of urea groups is 1. The van der Waals surface area contributed by atoms with Gasteiger partial charge in [0.25, 0.3) is 0 Å². The zero-order valence-corrected chi connectivity index (χ0v) is 14.6. The number of hydrogen-bond donors (Lipinski definition) is 3. The monoisotopic (exact) mass is 341 g/mol. The second-order valence-corrected chi connectivity index (χ2v) is 6.13. The SMILES string of the molecule is CCOc1ccc(N(S)C(N)=O)cc1CNC(=O)OC(C)(C)C. The van der Waals surface area contributed by atoms with E-state index in [1.807, 2.05) is 6.92 Å². The van der Waals surface area contributed by atoms with Crippen LogP contribution in [0.3, 0.4) is 0 Å². The lowest BCUT2D eigenvalue weighted by atomic mass is 10.1. The van der Waals surface area contributed by atoms with E-state index in [9.17, 15) is 9.59 Å². The highest BCUT2D eigenvalue weighted by Gasteiger charge is 2.17. The lowest BCUT2D eigenvalue weighted by molar-refractivity contribution is 0.0523. The number of anilines is 1. The predicted molar refractivity (Wildman–Crippen MR) is 91.7 cm³/mol. The normalized spacial score (nSPS) is 10.8. The van der Waals surface area contributed by atoms with Crippen LogP contribution in [0.15, 0.2) is 18.2 Å². The summed E-state index contributed by atoms with van der Waals surface area (Å²) in [6.45, 7) is 7.85. The molecule has 0 aliphatic rings. The number of nitrogens with one attached hydrogen (secondary N) is 1. The number of hydrogen-bond acceptors (Lipinski definition) is 5. The summed E-state index contributed by atoms with van der Waals surface area (Å²) >= 11 is 4.02. The van der Waals surface area contributed by atoms with Gasteiger partial charge in [-0.3, -0.25) is 0 Å². The minimum absolute atomic E-state index is 0.179. The van der Waals surface area contributed by atoms with E-state index >= 15 is 0 Å². The van der Waals surface area contributed by atoms with Crippen LogP contribution in [-0.4, -0.2) is 24.3 Å². The van der Waals surface area contributed by atoms with Crippen molar-refractivity contribution in [1.29, 1.82) is 0 Å². The van der Waals surface area contributed by atoms with E-state index < -0.39 is 17.7 Å². The number of amides is 3. The summed E-state index contributed by atoms with van der Waals surface area (Å²) in [6.07, 6.45) is -0.539. The van der Waals surface area contributed by atoms with Gasteiger partial charge in [0.15, 0.2) is 0 Å². The third-order valence-electron chi connectivity index (χ3n) is 2.62. The first-order valence-corrected chi connectivity index (χ1v) is 7.55. The third-order valence-corrected chi connectivity index (χ3v) is 3.05. The summed E-state index contributed by atoms with van der Waals surface area (Å²) in [7, 11) is 0. The van der Waals surface area contributed by atoms with Crippen LogP contribution < -0.4 is 20.1 Å². The van der Waals surface area contributed by atoms with Crippen LogP contribution in [0.1, 0.15) is 33.3 Å². The highest BCUT2D eigenvalue weighted by atomic mass is 32.1. The van der Waals surface area contributed by atoms with Gasteiger partial charge < -0.3 is 20.5 Å². The van der Waals surface area contributed by atoms with E-state index in [4.69, 9.17) is 15.2 Å². The fourth-order valence-corrected chi connectivity index (χ4v) is 1.87. The number of nitrogens with two attached hydrogens (primary N) is 1. The number of nitrogens with zero attached hydrogens (tertiary/aromatic N) is 1. The molecule has 0 saturated heterocycles. The Labute approximate surface area is 141 Å². The van der Waals surface area contributed by atoms with Crippen molar-refractivity contribution in [3.63, 3.8) is 0 Å². The van der Waals surface area contributed by atoms with Crippen molar-refractivity contribution in [1.82, 2.24) is 5.32 Å². The Bertz CT molecular complexity index is 572. The van der Waals surface area contributed by atoms with E-state index in [1.54, 1.807) is 39.0 Å². The quantitative estimate of drug-likeness (QED) is 0.718. The Morgan fingerprint density at radius 2 is 2.00 bits per heavy atom. The summed E-state index contributed by atoms with van der Waals surface area (Å²) in [5.41, 5.74) is 5.77. The first kappa shape index (κ1) is 19.0. The molecule has 0 atom stereocenters. The smallest absolute Gasteiger partial charge is 0.407 e. The maximum atomic E-state index is 11.8. The van der Waals surface area contributed by atoms with Gasteiger partial charge in [0.05, 0.1) is 12.3 Å². The predicted octanol–water partition coefficient (Wildman–Crippen LogP) is 2.84. The van der Waals surface area contributed by atoms with Crippen molar-refractivity contribution in [2.24, 2.45) is 5.73 Å². The lowest BCUT2D eigenvalue weighted by Crippen LogP contribution is -2.32. The van der Waals surface area contributed by atoms with Gasteiger partial charge in [-0.1, -0.05) is 12.8 Å². The summed E-state index contributed by atoms with van der Waals surface area (Å²) in [4.78, 5) is 22.9. The lowest BCUT2D eigenvalue weighted by Gasteiger charge is -2.20. The molecule has 7 nitrogen and oxygen atoms in total. The van der Waals surface area contributed by atoms with Gasteiger partial charge in [0.2, 0.25) is 0 Å². The maximum Gasteiger partial charge on any atom is 0.407 e. The molecule has 0 aromatic heterocycles. The molecule has 0 aliphatic carbocycles. The molecule has 0 fully saturated rings. The van der Waals surface area contributed by atoms with Gasteiger partial charge in [-0.2, -0.15) is 0 Å². The van der Waals surface area contributed by atoms with Gasteiger partial charge in [-0.15, -0.1) is 0 Å². The van der Waals surface area contributed by atoms with E-state index in [0.29, 0.717) is 23.6 Å². The van der Waals surface area contributed by atoms with Crippen LogP contribution in [-0.2, 0) is 11.3 Å². The molecule has 0 aliphatic heterocycles. The van der Waals surface area contributed by atoms with Gasteiger partial charge >= 0.3 is 12.1 Å². The zero-order chi connectivity index (χ0) is 17.6. The molecule has 0 saturated carbocycles. The Morgan fingerprint density at radius 1 is 1.35 bits per heavy atom. The molecule has 0 heterocycles. The zero-order valence-electron chi connectivity index (χ0n) is 13.8. The number of alkyl carbamates (subject to hydrolysis) is 1. The third kappa shape index (κ3) is 6.27. The van der Waals surface area contributed by atoms with Crippen LogP contribution in [0.5, 0.6) is 5.75 Å². The standard InChI is InChI=1S/C15H23N3O4S/c1-5-21-12-7-6-11(18(23)13(16)19)8-10(12)9-17-14(20)22-15(2,3)4/h6-8,23H,5,9H2,1-4H3,(H2,16,19)(H,17,20). The molecule has 8 heteroatoms. The summed E-state index contributed by atoms with van der Waals surface area (Å²) in [5, 5.41) is 2.65. The van der Waals surface area contributed by atoms with Crippen LogP contribution in [0, 0.1) is 0 Å². The van der Waals surface area contributed by atoms with Crippen molar-refractivity contribution in [3.05, 3.63) is 23.8 Å². The van der Waals surface area contributed by atoms with Crippen molar-refractivity contribution in [3.8, 4) is 5.75 Å². The van der Waals surface area contributed by atoms with E-state index in [1.165, 1.54) is 0 Å². The van der Waals surface area contributed by atoms with E-state index in [0.717, 1.165) is 4.31 Å². The fourth-order valence-electron chi connectivity index (χ4n) is 1.74. The maximum absolute atomic E-state index is 11.8. The van der Waals surface area contributed by atoms with Crippen molar-refractivity contribution in [2.45, 2.75) is 39.8 Å². The van der Waals surface area contributed by atoms with Gasteiger partial charge in [0, 0.05) is 12.1 Å². The van der Waals surface area contributed by atoms with Crippen molar-refractivity contribution < 1.29 is 19.1 Å². The molecule has 3 amide bonds. The first-order chi connectivity index (χ1) is 10.6. The second-order valence-electron chi connectivity index (χ2n) is 5.73. The molecule has 23 heavy (non-hydrogen) atoms. The Balaban J connectivity index is 2.90. The average molecular weight is 341 g/mol. The van der Waals surface area contributed by atoms with Crippen LogP contribution in [0.4, 0.5) is 15.3 Å². The van der Waals surface area contributed by atoms with Gasteiger partial charge in [-0.05, 0) is 45.9 Å². The molecular formula is C15H23N3O4S. The van der Waals surface area contributed by atoms with Crippen LogP contribution >= 0.6 is 12.8 Å². The molecule has 1 aromatic rings. The minimum atomic E-state index is -0.705. The molecule has 0 unspecified atom stereocenters. The topological polar surface area (TPSA) is 93.9 Å². The Morgan fingerprint density at radius 3 is 2.52 bits per heavy atom. The number of ether oxygens (including phenoxy) is 2. The van der Waals surface area contributed by atoms with Crippen LogP contribution in [0.2, 0.25) is 0 Å². The molecule has 0 bridgehead atoms. The summed E-state index contributed by atoms with van der Waals surface area (Å²) in [6, 6.07) is 4.31. The molecule has 0 radical (unpaired) electrons. The molecule has 1 rings (SSSR count). The van der Waals surface area contributed by atoms with Crippen LogP contribution in [0.25, 0.3) is 0 Å². The molecule has 3 N–H and O–H groups in total. The largest absolute Gasteiger partial charge is 0.494 e. The Kier molecular flexibility index (Phi) is 6.56. The Hall–Kier alpha value is -2.09. The number of thiol groups is 1. The molecular weight excluding hydrogens is 318 g/mol. The van der Waals surface area contributed by atoms with Gasteiger partial charge in [-0.25, -0.2) is 13.9 Å². The number of carbonyl (C=O) groups is 2. The average Bonchev–Trinajstić information content (AvgIpc) is 2.43. The highest BCUT2D eigenvalue weighted by molar-refractivity contribution is 7.82. The number of primary amides is 1. The molecule has 128 valence electrons. The number of rotatable bonds is 5. The first-order valence-electron chi connectivity index (χ1n) is 7.15. The number of carbonyl (C=O) groups excluding carboxylic acids is 2. The summed E-state index contributed by atoms with van der Waals surface area (Å²) < 4.78 is 11.7. The van der Waals surface area contributed by atoms with Crippen molar-refractivity contribution >= 4 is 30.6 Å². The highest BCUT2D eigenvalue weighted by Crippen LogP contribution is 2.26. The summed E-state index contributed by atoms with van der Waals surface area (Å²) in [5.74, 6) is 0.596. The fraction of sp³-hybridized carbons (Fsp3) is 0.467.